The fourth-order valence-electron chi connectivity index (χ4n) is 1.02. The summed E-state index contributed by atoms with van der Waals surface area (Å²) < 4.78 is 30.1. The molecule has 0 bridgehead atoms. The zero-order valence-corrected chi connectivity index (χ0v) is 8.58. The molecular formula is C10H11O3S. The van der Waals surface area contributed by atoms with Crippen LogP contribution in [-0.2, 0) is 10.1 Å². The topological polar surface area (TPSA) is 54.4 Å². The Hall–Kier alpha value is -1.13. The van der Waals surface area contributed by atoms with Crippen molar-refractivity contribution in [2.45, 2.75) is 11.8 Å². The summed E-state index contributed by atoms with van der Waals surface area (Å²) in [5, 5.41) is 0. The Bertz CT molecular complexity index is 429. The van der Waals surface area contributed by atoms with E-state index in [1.54, 1.807) is 12.1 Å². The van der Waals surface area contributed by atoms with Crippen molar-refractivity contribution in [3.63, 3.8) is 0 Å². The second kappa shape index (κ2) is 3.94. The molecule has 3 nitrogen and oxygen atoms in total. The minimum atomic E-state index is -4.08. The first-order chi connectivity index (χ1) is 6.39. The molecule has 75 valence electrons. The number of rotatable bonds is 3. The largest absolute Gasteiger partial charge is 0.294 e. The van der Waals surface area contributed by atoms with E-state index in [1.165, 1.54) is 12.1 Å². The SMILES string of the molecule is C=C(C)[CH]c1ccc(S(=O)(=O)O)cc1. The minimum Gasteiger partial charge on any atom is -0.282 e. The summed E-state index contributed by atoms with van der Waals surface area (Å²) in [6, 6.07) is 5.92. The van der Waals surface area contributed by atoms with E-state index in [1.807, 2.05) is 13.3 Å². The number of benzene rings is 1. The van der Waals surface area contributed by atoms with Gasteiger partial charge in [0.25, 0.3) is 10.1 Å². The maximum atomic E-state index is 10.7. The summed E-state index contributed by atoms with van der Waals surface area (Å²) in [5.74, 6) is 0. The molecule has 1 N–H and O–H groups in total. The third-order valence-electron chi connectivity index (χ3n) is 1.59. The zero-order valence-electron chi connectivity index (χ0n) is 7.77. The van der Waals surface area contributed by atoms with Crippen LogP contribution in [0, 0.1) is 6.42 Å². The molecule has 1 radical (unpaired) electrons. The fraction of sp³-hybridized carbons (Fsp3) is 0.100. The van der Waals surface area contributed by atoms with E-state index < -0.39 is 10.1 Å². The monoisotopic (exact) mass is 211 g/mol. The predicted octanol–water partition coefficient (Wildman–Crippen LogP) is 2.06. The molecule has 0 aliphatic heterocycles. The molecule has 0 aliphatic rings. The van der Waals surface area contributed by atoms with E-state index >= 15 is 0 Å². The summed E-state index contributed by atoms with van der Waals surface area (Å²) in [4.78, 5) is -0.101. The Morgan fingerprint density at radius 3 is 2.21 bits per heavy atom. The summed E-state index contributed by atoms with van der Waals surface area (Å²) in [6.07, 6.45) is 1.81. The Morgan fingerprint density at radius 1 is 1.36 bits per heavy atom. The van der Waals surface area contributed by atoms with Crippen LogP contribution in [0.4, 0.5) is 0 Å². The number of hydrogen-bond donors (Lipinski definition) is 1. The van der Waals surface area contributed by atoms with Crippen LogP contribution in [-0.4, -0.2) is 13.0 Å². The van der Waals surface area contributed by atoms with E-state index in [0.29, 0.717) is 0 Å². The lowest BCUT2D eigenvalue weighted by Crippen LogP contribution is -1.97. The standard InChI is InChI=1S/C10H11O3S/c1-8(2)7-9-3-5-10(6-4-9)14(11,12)13/h3-7H,1H2,2H3,(H,11,12,13). The van der Waals surface area contributed by atoms with Gasteiger partial charge in [-0.25, -0.2) is 0 Å². The summed E-state index contributed by atoms with van der Waals surface area (Å²) >= 11 is 0. The van der Waals surface area contributed by atoms with Crippen molar-refractivity contribution in [2.75, 3.05) is 0 Å². The number of allylic oxidation sites excluding steroid dienone is 1. The Morgan fingerprint density at radius 2 is 1.86 bits per heavy atom. The highest BCUT2D eigenvalue weighted by atomic mass is 32.2. The van der Waals surface area contributed by atoms with Gasteiger partial charge in [0.05, 0.1) is 4.90 Å². The average molecular weight is 211 g/mol. The van der Waals surface area contributed by atoms with Crippen molar-refractivity contribution in [3.05, 3.63) is 48.4 Å². The molecule has 0 saturated heterocycles. The molecule has 0 amide bonds. The van der Waals surface area contributed by atoms with Gasteiger partial charge in [0, 0.05) is 6.42 Å². The molecule has 14 heavy (non-hydrogen) atoms. The van der Waals surface area contributed by atoms with Crippen LogP contribution in [0.2, 0.25) is 0 Å². The van der Waals surface area contributed by atoms with Crippen LogP contribution in [0.3, 0.4) is 0 Å². The highest BCUT2D eigenvalue weighted by Gasteiger charge is 2.08. The molecule has 0 spiro atoms. The van der Waals surface area contributed by atoms with Crippen molar-refractivity contribution in [1.29, 1.82) is 0 Å². The van der Waals surface area contributed by atoms with Gasteiger partial charge in [-0.1, -0.05) is 24.3 Å². The molecular weight excluding hydrogens is 200 g/mol. The second-order valence-electron chi connectivity index (χ2n) is 3.03. The first kappa shape index (κ1) is 10.9. The Balaban J connectivity index is 2.95. The third kappa shape index (κ3) is 2.97. The van der Waals surface area contributed by atoms with Crippen LogP contribution >= 0.6 is 0 Å². The molecule has 0 fully saturated rings. The molecule has 1 aromatic rings. The van der Waals surface area contributed by atoms with Gasteiger partial charge in [0.15, 0.2) is 0 Å². The minimum absolute atomic E-state index is 0.101. The molecule has 0 heterocycles. The lowest BCUT2D eigenvalue weighted by atomic mass is 10.1. The first-order valence-electron chi connectivity index (χ1n) is 3.97. The molecule has 0 unspecified atom stereocenters. The van der Waals surface area contributed by atoms with Gasteiger partial charge >= 0.3 is 0 Å². The van der Waals surface area contributed by atoms with Crippen molar-refractivity contribution >= 4 is 10.1 Å². The number of hydrogen-bond acceptors (Lipinski definition) is 2. The van der Waals surface area contributed by atoms with Crippen LogP contribution in [0.1, 0.15) is 12.5 Å². The fourth-order valence-corrected chi connectivity index (χ4v) is 1.50. The maximum absolute atomic E-state index is 10.7. The van der Waals surface area contributed by atoms with E-state index in [4.69, 9.17) is 4.55 Å². The summed E-state index contributed by atoms with van der Waals surface area (Å²) in [6.45, 7) is 5.54. The third-order valence-corrected chi connectivity index (χ3v) is 2.46. The van der Waals surface area contributed by atoms with Crippen molar-refractivity contribution in [3.8, 4) is 0 Å². The molecule has 0 aromatic heterocycles. The van der Waals surface area contributed by atoms with Crippen LogP contribution in [0.5, 0.6) is 0 Å². The van der Waals surface area contributed by atoms with Gasteiger partial charge in [-0.2, -0.15) is 8.42 Å². The van der Waals surface area contributed by atoms with Crippen LogP contribution < -0.4 is 0 Å². The van der Waals surface area contributed by atoms with E-state index in [2.05, 4.69) is 6.58 Å². The van der Waals surface area contributed by atoms with Gasteiger partial charge in [-0.3, -0.25) is 4.55 Å². The molecule has 1 rings (SSSR count). The lowest BCUT2D eigenvalue weighted by Gasteiger charge is -2.01. The lowest BCUT2D eigenvalue weighted by molar-refractivity contribution is 0.483. The van der Waals surface area contributed by atoms with Gasteiger partial charge in [-0.15, -0.1) is 0 Å². The molecule has 1 aromatic carbocycles. The van der Waals surface area contributed by atoms with Gasteiger partial charge < -0.3 is 0 Å². The van der Waals surface area contributed by atoms with Crippen molar-refractivity contribution < 1.29 is 13.0 Å². The predicted molar refractivity (Wildman–Crippen MR) is 54.5 cm³/mol. The molecule has 0 atom stereocenters. The normalized spacial score (nSPS) is 11.3. The van der Waals surface area contributed by atoms with E-state index in [0.717, 1.165) is 11.1 Å². The second-order valence-corrected chi connectivity index (χ2v) is 4.46. The molecule has 0 saturated carbocycles. The summed E-state index contributed by atoms with van der Waals surface area (Å²) in [7, 11) is -4.08. The summed E-state index contributed by atoms with van der Waals surface area (Å²) in [5.41, 5.74) is 1.73. The average Bonchev–Trinajstić information content (AvgIpc) is 2.02. The van der Waals surface area contributed by atoms with Gasteiger partial charge in [0.2, 0.25) is 0 Å². The first-order valence-corrected chi connectivity index (χ1v) is 5.41. The molecule has 4 heteroatoms. The van der Waals surface area contributed by atoms with Crippen molar-refractivity contribution in [1.82, 2.24) is 0 Å². The van der Waals surface area contributed by atoms with Gasteiger partial charge in [0.1, 0.15) is 0 Å². The smallest absolute Gasteiger partial charge is 0.282 e. The maximum Gasteiger partial charge on any atom is 0.294 e. The highest BCUT2D eigenvalue weighted by Crippen LogP contribution is 2.13. The quantitative estimate of drug-likeness (QED) is 0.778. The highest BCUT2D eigenvalue weighted by molar-refractivity contribution is 7.85. The van der Waals surface area contributed by atoms with Gasteiger partial charge in [-0.05, 0) is 24.6 Å². The molecule has 0 aliphatic carbocycles. The van der Waals surface area contributed by atoms with Crippen LogP contribution in [0.25, 0.3) is 0 Å². The van der Waals surface area contributed by atoms with E-state index in [9.17, 15) is 8.42 Å². The Kier molecular flexibility index (Phi) is 3.08. The zero-order chi connectivity index (χ0) is 10.8. The van der Waals surface area contributed by atoms with Crippen molar-refractivity contribution in [2.24, 2.45) is 0 Å². The Labute approximate surface area is 83.8 Å². The van der Waals surface area contributed by atoms with E-state index in [-0.39, 0.29) is 4.90 Å². The van der Waals surface area contributed by atoms with Crippen LogP contribution in [0.15, 0.2) is 41.3 Å².